The molecule has 0 aliphatic carbocycles. The van der Waals surface area contributed by atoms with Crippen LogP contribution in [0.25, 0.3) is 0 Å². The second-order valence-corrected chi connectivity index (χ2v) is 4.84. The summed E-state index contributed by atoms with van der Waals surface area (Å²) < 4.78 is 10.3. The van der Waals surface area contributed by atoms with Gasteiger partial charge in [0.2, 0.25) is 5.78 Å². The average molecular weight is 286 g/mol. The summed E-state index contributed by atoms with van der Waals surface area (Å²) >= 11 is 13.1. The van der Waals surface area contributed by atoms with Gasteiger partial charge in [0.15, 0.2) is 0 Å². The van der Waals surface area contributed by atoms with E-state index >= 15 is 0 Å². The van der Waals surface area contributed by atoms with E-state index in [2.05, 4.69) is 15.9 Å². The summed E-state index contributed by atoms with van der Waals surface area (Å²) in [5.74, 6) is -0.842. The maximum Gasteiger partial charge on any atom is 0.300 e. The van der Waals surface area contributed by atoms with Crippen LogP contribution in [0.5, 0.6) is 0 Å². The lowest BCUT2D eigenvalue weighted by Crippen LogP contribution is -2.19. The Labute approximate surface area is 93.0 Å². The number of Topliss-reactive ketones (excluding diaryl/α,β-unsaturated/α-hetero) is 1. The molecule has 0 spiro atoms. The fourth-order valence-corrected chi connectivity index (χ4v) is 1.23. The smallest absolute Gasteiger partial charge is 0.288 e. The molecule has 13 heavy (non-hydrogen) atoms. The molecule has 0 N–H and O–H groups in total. The highest BCUT2D eigenvalue weighted by Gasteiger charge is 2.33. The number of carbonyl (C=O) groups excluding carboxylic acids is 1. The van der Waals surface area contributed by atoms with Crippen molar-refractivity contribution in [3.05, 3.63) is 34.9 Å². The Morgan fingerprint density at radius 3 is 2.23 bits per heavy atom. The van der Waals surface area contributed by atoms with Crippen LogP contribution in [-0.2, 0) is 0 Å². The molecule has 0 saturated carbocycles. The zero-order valence-electron chi connectivity index (χ0n) is 6.23. The first-order valence-corrected chi connectivity index (χ1v) is 4.83. The molecule has 5 heteroatoms. The van der Waals surface area contributed by atoms with Crippen LogP contribution < -0.4 is 0 Å². The van der Waals surface area contributed by atoms with E-state index in [0.717, 1.165) is 0 Å². The highest BCUT2D eigenvalue weighted by atomic mass is 79.9. The molecule has 0 saturated heterocycles. The van der Waals surface area contributed by atoms with Gasteiger partial charge >= 0.3 is 0 Å². The summed E-state index contributed by atoms with van der Waals surface area (Å²) in [6.07, 6.45) is 0. The highest BCUT2D eigenvalue weighted by molar-refractivity contribution is 9.10. The minimum absolute atomic E-state index is 0.166. The molecule has 0 aliphatic heterocycles. The number of benzene rings is 1. The number of carbonyl (C=O) groups is 1. The minimum Gasteiger partial charge on any atom is -0.288 e. The number of rotatable bonds is 2. The molecule has 1 unspecified atom stereocenters. The molecular weight excluding hydrogens is 282 g/mol. The van der Waals surface area contributed by atoms with Gasteiger partial charge in [-0.2, -0.15) is 0 Å². The van der Waals surface area contributed by atoms with Gasteiger partial charge in [-0.15, -0.1) is 0 Å². The van der Waals surface area contributed by atoms with Gasteiger partial charge in [-0.25, -0.2) is 4.39 Å². The van der Waals surface area contributed by atoms with Crippen molar-refractivity contribution in [3.63, 3.8) is 0 Å². The Morgan fingerprint density at radius 1 is 1.38 bits per heavy atom. The predicted octanol–water partition coefficient (Wildman–Crippen LogP) is 3.78. The van der Waals surface area contributed by atoms with Crippen LogP contribution in [0.1, 0.15) is 10.4 Å². The summed E-state index contributed by atoms with van der Waals surface area (Å²) in [5.41, 5.74) is 0.166. The summed E-state index contributed by atoms with van der Waals surface area (Å²) in [7, 11) is 0. The van der Waals surface area contributed by atoms with E-state index in [4.69, 9.17) is 23.2 Å². The van der Waals surface area contributed by atoms with E-state index in [1.807, 2.05) is 0 Å². The molecule has 70 valence electrons. The van der Waals surface area contributed by atoms with E-state index in [1.165, 1.54) is 24.3 Å². The van der Waals surface area contributed by atoms with E-state index in [9.17, 15) is 9.18 Å². The van der Waals surface area contributed by atoms with Gasteiger partial charge in [0.25, 0.3) is 4.04 Å². The zero-order valence-corrected chi connectivity index (χ0v) is 9.33. The Hall–Kier alpha value is -0.120. The van der Waals surface area contributed by atoms with E-state index < -0.39 is 9.82 Å². The first-order chi connectivity index (χ1) is 5.91. The van der Waals surface area contributed by atoms with Gasteiger partial charge in [-0.1, -0.05) is 23.2 Å². The topological polar surface area (TPSA) is 17.1 Å². The molecule has 0 heterocycles. The monoisotopic (exact) mass is 284 g/mol. The first kappa shape index (κ1) is 11.0. The normalized spacial score (nSPS) is 15.1. The van der Waals surface area contributed by atoms with Crippen LogP contribution in [0.2, 0.25) is 5.02 Å². The van der Waals surface area contributed by atoms with Crippen molar-refractivity contribution in [1.29, 1.82) is 0 Å². The summed E-state index contributed by atoms with van der Waals surface area (Å²) in [4.78, 5) is 11.2. The van der Waals surface area contributed by atoms with Crippen molar-refractivity contribution in [1.82, 2.24) is 0 Å². The van der Waals surface area contributed by atoms with Gasteiger partial charge in [0, 0.05) is 10.6 Å². The number of alkyl halides is 3. The lowest BCUT2D eigenvalue weighted by molar-refractivity contribution is 0.0917. The van der Waals surface area contributed by atoms with Gasteiger partial charge in [-0.3, -0.25) is 4.79 Å². The van der Waals surface area contributed by atoms with Crippen molar-refractivity contribution in [2.45, 2.75) is 4.04 Å². The summed E-state index contributed by atoms with van der Waals surface area (Å²) in [5, 5.41) is 0.477. The first-order valence-electron chi connectivity index (χ1n) is 3.28. The Morgan fingerprint density at radius 2 is 1.85 bits per heavy atom. The quantitative estimate of drug-likeness (QED) is 0.597. The van der Waals surface area contributed by atoms with Crippen molar-refractivity contribution in [2.24, 2.45) is 0 Å². The molecule has 0 fully saturated rings. The third kappa shape index (κ3) is 2.93. The molecule has 0 radical (unpaired) electrons. The van der Waals surface area contributed by atoms with E-state index in [0.29, 0.717) is 5.02 Å². The van der Waals surface area contributed by atoms with Crippen molar-refractivity contribution in [2.75, 3.05) is 0 Å². The standard InChI is InChI=1S/C8H4BrCl2FO/c9-8(11,12)7(13)5-1-3-6(10)4-2-5/h1-4H. The van der Waals surface area contributed by atoms with Gasteiger partial charge < -0.3 is 0 Å². The number of ketones is 1. The minimum atomic E-state index is -2.54. The number of hydrogen-bond acceptors (Lipinski definition) is 1. The SMILES string of the molecule is O=C(c1ccc(Cl)cc1)C(F)(Cl)Br. The Kier molecular flexibility index (Phi) is 3.33. The average Bonchev–Trinajstić information content (AvgIpc) is 2.03. The number of hydrogen-bond donors (Lipinski definition) is 0. The number of halogens is 4. The van der Waals surface area contributed by atoms with Gasteiger partial charge in [-0.05, 0) is 40.2 Å². The third-order valence-corrected chi connectivity index (χ3v) is 2.15. The predicted molar refractivity (Wildman–Crippen MR) is 54.4 cm³/mol. The third-order valence-electron chi connectivity index (χ3n) is 1.36. The molecule has 1 nitrogen and oxygen atoms in total. The molecule has 1 rings (SSSR count). The fourth-order valence-electron chi connectivity index (χ4n) is 0.765. The highest BCUT2D eigenvalue weighted by Crippen LogP contribution is 2.29. The molecule has 1 aromatic rings. The van der Waals surface area contributed by atoms with Crippen molar-refractivity contribution < 1.29 is 9.18 Å². The van der Waals surface area contributed by atoms with Crippen LogP contribution in [0.15, 0.2) is 24.3 Å². The second kappa shape index (κ2) is 3.95. The largest absolute Gasteiger partial charge is 0.300 e. The van der Waals surface area contributed by atoms with Crippen LogP contribution in [0, 0.1) is 0 Å². The van der Waals surface area contributed by atoms with E-state index in [-0.39, 0.29) is 5.56 Å². The molecule has 1 atom stereocenters. The second-order valence-electron chi connectivity index (χ2n) is 2.33. The maximum atomic E-state index is 12.9. The van der Waals surface area contributed by atoms with E-state index in [1.54, 1.807) is 0 Å². The lowest BCUT2D eigenvalue weighted by Gasteiger charge is -2.07. The lowest BCUT2D eigenvalue weighted by atomic mass is 10.1. The molecule has 1 aromatic carbocycles. The van der Waals surface area contributed by atoms with Crippen LogP contribution in [-0.4, -0.2) is 9.82 Å². The molecule has 0 amide bonds. The van der Waals surface area contributed by atoms with Gasteiger partial charge in [0.1, 0.15) is 0 Å². The van der Waals surface area contributed by atoms with Crippen LogP contribution >= 0.6 is 39.1 Å². The van der Waals surface area contributed by atoms with Crippen LogP contribution in [0.3, 0.4) is 0 Å². The maximum absolute atomic E-state index is 12.9. The molecular formula is C8H4BrCl2FO. The summed E-state index contributed by atoms with van der Waals surface area (Å²) in [6.45, 7) is 0. The van der Waals surface area contributed by atoms with Crippen LogP contribution in [0.4, 0.5) is 4.39 Å². The fraction of sp³-hybridized carbons (Fsp3) is 0.125. The van der Waals surface area contributed by atoms with Crippen molar-refractivity contribution >= 4 is 44.9 Å². The molecule has 0 aliphatic rings. The zero-order chi connectivity index (χ0) is 10.1. The van der Waals surface area contributed by atoms with Crippen molar-refractivity contribution in [3.8, 4) is 0 Å². The Balaban J connectivity index is 2.97. The Bertz CT molecular complexity index is 318. The van der Waals surface area contributed by atoms with Gasteiger partial charge in [0.05, 0.1) is 0 Å². The molecule has 0 bridgehead atoms. The summed E-state index contributed by atoms with van der Waals surface area (Å²) in [6, 6.07) is 5.79. The molecule has 0 aromatic heterocycles.